The van der Waals surface area contributed by atoms with Crippen LogP contribution >= 0.6 is 15.9 Å². The molecule has 0 fully saturated rings. The summed E-state index contributed by atoms with van der Waals surface area (Å²) in [5.41, 5.74) is 1.17. The van der Waals surface area contributed by atoms with E-state index in [-0.39, 0.29) is 5.56 Å². The van der Waals surface area contributed by atoms with E-state index >= 15 is 0 Å². The first-order valence-electron chi connectivity index (χ1n) is 4.88. The van der Waals surface area contributed by atoms with Gasteiger partial charge in [-0.25, -0.2) is 9.97 Å². The van der Waals surface area contributed by atoms with Crippen LogP contribution in [0.4, 0.5) is 0 Å². The summed E-state index contributed by atoms with van der Waals surface area (Å²) in [6, 6.07) is 3.50. The largest absolute Gasteiger partial charge is 0.481 e. The Kier molecular flexibility index (Phi) is 3.23. The number of nitrogens with one attached hydrogen (secondary N) is 1. The van der Waals surface area contributed by atoms with E-state index in [1.807, 2.05) is 0 Å². The summed E-state index contributed by atoms with van der Waals surface area (Å²) < 4.78 is 5.41. The smallest absolute Gasteiger partial charge is 0.265 e. The number of hydrogen-bond donors (Lipinski definition) is 1. The summed E-state index contributed by atoms with van der Waals surface area (Å²) in [4.78, 5) is 22.6. The number of nitrogens with zero attached hydrogens (tertiary/aromatic N) is 2. The van der Waals surface area contributed by atoms with Crippen molar-refractivity contribution in [3.8, 4) is 17.3 Å². The number of H-pyrrole nitrogens is 1. The molecule has 2 aromatic heterocycles. The average molecular weight is 296 g/mol. The summed E-state index contributed by atoms with van der Waals surface area (Å²) in [5, 5.41) is 0. The molecule has 0 aliphatic heterocycles. The molecule has 2 aromatic rings. The molecule has 0 bridgehead atoms. The van der Waals surface area contributed by atoms with Crippen molar-refractivity contribution in [1.82, 2.24) is 15.0 Å². The maximum atomic E-state index is 11.6. The van der Waals surface area contributed by atoms with Crippen LogP contribution in [0.1, 0.15) is 5.69 Å². The average Bonchev–Trinajstić information content (AvgIpc) is 2.35. The Labute approximate surface area is 106 Å². The normalized spacial score (nSPS) is 10.3. The lowest BCUT2D eigenvalue weighted by atomic mass is 10.2. The molecular weight excluding hydrogens is 286 g/mol. The number of aromatic amines is 1. The van der Waals surface area contributed by atoms with Crippen molar-refractivity contribution in [2.45, 2.75) is 6.92 Å². The zero-order chi connectivity index (χ0) is 12.4. The fraction of sp³-hybridized carbons (Fsp3) is 0.182. The van der Waals surface area contributed by atoms with Crippen molar-refractivity contribution < 1.29 is 4.74 Å². The highest BCUT2D eigenvalue weighted by Gasteiger charge is 2.07. The number of ether oxygens (including phenoxy) is 1. The molecule has 0 aliphatic carbocycles. The third kappa shape index (κ3) is 2.36. The van der Waals surface area contributed by atoms with Gasteiger partial charge in [0.25, 0.3) is 5.56 Å². The topological polar surface area (TPSA) is 67.9 Å². The maximum Gasteiger partial charge on any atom is 0.265 e. The van der Waals surface area contributed by atoms with E-state index < -0.39 is 0 Å². The lowest BCUT2D eigenvalue weighted by Crippen LogP contribution is -2.11. The molecule has 5 nitrogen and oxygen atoms in total. The van der Waals surface area contributed by atoms with Crippen LogP contribution in [0.3, 0.4) is 0 Å². The van der Waals surface area contributed by atoms with Gasteiger partial charge in [0.15, 0.2) is 0 Å². The Morgan fingerprint density at radius 2 is 2.18 bits per heavy atom. The van der Waals surface area contributed by atoms with Gasteiger partial charge in [-0.15, -0.1) is 0 Å². The van der Waals surface area contributed by atoms with E-state index in [0.29, 0.717) is 21.9 Å². The summed E-state index contributed by atoms with van der Waals surface area (Å²) in [6.45, 7) is 1.76. The molecule has 0 unspecified atom stereocenters. The van der Waals surface area contributed by atoms with Gasteiger partial charge in [0.2, 0.25) is 5.88 Å². The van der Waals surface area contributed by atoms with E-state index in [1.54, 1.807) is 32.4 Å². The van der Waals surface area contributed by atoms with Gasteiger partial charge >= 0.3 is 0 Å². The summed E-state index contributed by atoms with van der Waals surface area (Å²) in [6.07, 6.45) is 1.60. The molecule has 0 radical (unpaired) electrons. The summed E-state index contributed by atoms with van der Waals surface area (Å²) >= 11 is 3.17. The second-order valence-electron chi connectivity index (χ2n) is 3.40. The number of rotatable bonds is 2. The van der Waals surface area contributed by atoms with E-state index in [2.05, 4.69) is 30.9 Å². The van der Waals surface area contributed by atoms with E-state index in [1.165, 1.54) is 0 Å². The number of aryl methyl sites for hydroxylation is 1. The number of methoxy groups -OCH3 is 1. The predicted octanol–water partition coefficient (Wildman–Crippen LogP) is 1.91. The minimum absolute atomic E-state index is 0.205. The SMILES string of the molecule is COc1ccc(-c2nc(C)c(Br)c(=O)[nH]2)cn1. The van der Waals surface area contributed by atoms with Crippen LogP contribution in [0, 0.1) is 6.92 Å². The maximum absolute atomic E-state index is 11.6. The second-order valence-corrected chi connectivity index (χ2v) is 4.20. The van der Waals surface area contributed by atoms with Gasteiger partial charge < -0.3 is 9.72 Å². The summed E-state index contributed by atoms with van der Waals surface area (Å²) in [5.74, 6) is 1.01. The predicted molar refractivity (Wildman–Crippen MR) is 67.1 cm³/mol. The van der Waals surface area contributed by atoms with Crippen molar-refractivity contribution >= 4 is 15.9 Å². The fourth-order valence-electron chi connectivity index (χ4n) is 1.35. The molecule has 0 amide bonds. The van der Waals surface area contributed by atoms with E-state index in [9.17, 15) is 4.79 Å². The first-order chi connectivity index (χ1) is 8.11. The Morgan fingerprint density at radius 3 is 2.71 bits per heavy atom. The molecule has 0 aliphatic rings. The van der Waals surface area contributed by atoms with Crippen molar-refractivity contribution in [2.75, 3.05) is 7.11 Å². The minimum Gasteiger partial charge on any atom is -0.481 e. The Bertz CT molecular complexity index is 593. The first-order valence-corrected chi connectivity index (χ1v) is 5.68. The molecule has 2 heterocycles. The molecule has 88 valence electrons. The Balaban J connectivity index is 2.49. The van der Waals surface area contributed by atoms with E-state index in [0.717, 1.165) is 5.56 Å². The number of halogens is 1. The standard InChI is InChI=1S/C11H10BrN3O2/c1-6-9(12)11(16)15-10(14-6)7-3-4-8(17-2)13-5-7/h3-5H,1-2H3,(H,14,15,16). The minimum atomic E-state index is -0.205. The first kappa shape index (κ1) is 11.8. The monoisotopic (exact) mass is 295 g/mol. The molecule has 0 atom stereocenters. The molecule has 2 rings (SSSR count). The Morgan fingerprint density at radius 1 is 1.41 bits per heavy atom. The van der Waals surface area contributed by atoms with Gasteiger partial charge in [0.05, 0.1) is 12.8 Å². The van der Waals surface area contributed by atoms with Crippen LogP contribution in [0.25, 0.3) is 11.4 Å². The van der Waals surface area contributed by atoms with Crippen molar-refractivity contribution in [3.05, 3.63) is 38.9 Å². The molecule has 0 spiro atoms. The van der Waals surface area contributed by atoms with Crippen LogP contribution < -0.4 is 10.3 Å². The quantitative estimate of drug-likeness (QED) is 0.919. The number of aromatic nitrogens is 3. The van der Waals surface area contributed by atoms with Gasteiger partial charge in [-0.05, 0) is 28.9 Å². The fourth-order valence-corrected chi connectivity index (χ4v) is 1.54. The third-order valence-electron chi connectivity index (χ3n) is 2.25. The highest BCUT2D eigenvalue weighted by atomic mass is 79.9. The van der Waals surface area contributed by atoms with Crippen molar-refractivity contribution in [2.24, 2.45) is 0 Å². The summed E-state index contributed by atoms with van der Waals surface area (Å²) in [7, 11) is 1.55. The molecule has 0 aromatic carbocycles. The zero-order valence-electron chi connectivity index (χ0n) is 9.32. The van der Waals surface area contributed by atoms with Gasteiger partial charge in [-0.1, -0.05) is 0 Å². The molecule has 1 N–H and O–H groups in total. The van der Waals surface area contributed by atoms with Gasteiger partial charge in [0, 0.05) is 17.8 Å². The third-order valence-corrected chi connectivity index (χ3v) is 3.18. The van der Waals surface area contributed by atoms with Gasteiger partial charge in [0.1, 0.15) is 10.3 Å². The molecule has 0 saturated carbocycles. The highest BCUT2D eigenvalue weighted by Crippen LogP contribution is 2.17. The Hall–Kier alpha value is -1.69. The lowest BCUT2D eigenvalue weighted by Gasteiger charge is -2.04. The second kappa shape index (κ2) is 4.67. The van der Waals surface area contributed by atoms with Gasteiger partial charge in [-0.2, -0.15) is 0 Å². The van der Waals surface area contributed by atoms with Crippen LogP contribution in [0.15, 0.2) is 27.6 Å². The van der Waals surface area contributed by atoms with E-state index in [4.69, 9.17) is 4.74 Å². The highest BCUT2D eigenvalue weighted by molar-refractivity contribution is 9.10. The molecular formula is C11H10BrN3O2. The number of pyridine rings is 1. The molecule has 0 saturated heterocycles. The van der Waals surface area contributed by atoms with Crippen molar-refractivity contribution in [3.63, 3.8) is 0 Å². The van der Waals surface area contributed by atoms with Gasteiger partial charge in [-0.3, -0.25) is 4.79 Å². The number of hydrogen-bond acceptors (Lipinski definition) is 4. The molecule has 17 heavy (non-hydrogen) atoms. The lowest BCUT2D eigenvalue weighted by molar-refractivity contribution is 0.398. The van der Waals surface area contributed by atoms with Crippen LogP contribution in [0.2, 0.25) is 0 Å². The van der Waals surface area contributed by atoms with Crippen LogP contribution in [0.5, 0.6) is 5.88 Å². The van der Waals surface area contributed by atoms with Crippen molar-refractivity contribution in [1.29, 1.82) is 0 Å². The zero-order valence-corrected chi connectivity index (χ0v) is 10.9. The molecule has 6 heteroatoms. The van der Waals surface area contributed by atoms with Crippen LogP contribution in [-0.4, -0.2) is 22.1 Å². The van der Waals surface area contributed by atoms with Crippen LogP contribution in [-0.2, 0) is 0 Å².